The average Bonchev–Trinajstić information content (AvgIpc) is 2.36. The maximum absolute atomic E-state index is 11.9. The lowest BCUT2D eigenvalue weighted by Crippen LogP contribution is -2.34. The molecule has 0 fully saturated rings. The zero-order chi connectivity index (χ0) is 14.2. The van der Waals surface area contributed by atoms with E-state index in [0.717, 1.165) is 10.9 Å². The van der Waals surface area contributed by atoms with Crippen LogP contribution in [0.4, 0.5) is 0 Å². The van der Waals surface area contributed by atoms with E-state index in [0.29, 0.717) is 16.1 Å². The van der Waals surface area contributed by atoms with Crippen LogP contribution in [0.3, 0.4) is 0 Å². The van der Waals surface area contributed by atoms with Crippen LogP contribution in [0, 0.1) is 6.92 Å². The van der Waals surface area contributed by atoms with Gasteiger partial charge in [0.2, 0.25) is 0 Å². The van der Waals surface area contributed by atoms with Crippen molar-refractivity contribution in [2.24, 2.45) is 5.73 Å². The third-order valence-electron chi connectivity index (χ3n) is 3.05. The Morgan fingerprint density at radius 3 is 2.84 bits per heavy atom. The molecule has 0 aliphatic carbocycles. The molecule has 0 bridgehead atoms. The summed E-state index contributed by atoms with van der Waals surface area (Å²) in [5.74, 6) is -1.13. The predicted molar refractivity (Wildman–Crippen MR) is 73.6 cm³/mol. The minimum atomic E-state index is -1.13. The fourth-order valence-electron chi connectivity index (χ4n) is 1.92. The van der Waals surface area contributed by atoms with E-state index in [2.05, 4.69) is 4.98 Å². The number of rotatable bonds is 3. The average molecular weight is 281 g/mol. The predicted octanol–water partition coefficient (Wildman–Crippen LogP) is 1.44. The standard InChI is InChI=1S/C13H13ClN2O3/c1-6-9(14)3-2-7-4-8(5-10(15)13(18)19)12(17)16-11(6)7/h2-4,10H,5,15H2,1H3,(H,16,17)(H,18,19). The van der Waals surface area contributed by atoms with Crippen molar-refractivity contribution in [3.05, 3.63) is 44.7 Å². The first-order chi connectivity index (χ1) is 8.90. The second-order valence-electron chi connectivity index (χ2n) is 4.41. The van der Waals surface area contributed by atoms with Gasteiger partial charge in [-0.3, -0.25) is 9.59 Å². The number of fused-ring (bicyclic) bond motifs is 1. The van der Waals surface area contributed by atoms with Crippen molar-refractivity contribution in [3.8, 4) is 0 Å². The number of hydrogen-bond acceptors (Lipinski definition) is 3. The Labute approximate surface area is 114 Å². The number of H-pyrrole nitrogens is 1. The normalized spacial score (nSPS) is 12.6. The lowest BCUT2D eigenvalue weighted by molar-refractivity contribution is -0.138. The van der Waals surface area contributed by atoms with Gasteiger partial charge in [-0.1, -0.05) is 17.7 Å². The summed E-state index contributed by atoms with van der Waals surface area (Å²) in [6.07, 6.45) is -0.0116. The first kappa shape index (κ1) is 13.6. The molecule has 0 aliphatic heterocycles. The summed E-state index contributed by atoms with van der Waals surface area (Å²) in [6, 6.07) is 4.07. The summed E-state index contributed by atoms with van der Waals surface area (Å²) < 4.78 is 0. The highest BCUT2D eigenvalue weighted by Crippen LogP contribution is 2.23. The van der Waals surface area contributed by atoms with Crippen LogP contribution in [0.15, 0.2) is 23.0 Å². The Bertz CT molecular complexity index is 709. The number of carboxylic acid groups (broad SMARTS) is 1. The molecule has 6 heteroatoms. The van der Waals surface area contributed by atoms with Gasteiger partial charge in [-0.05, 0) is 30.0 Å². The maximum Gasteiger partial charge on any atom is 0.320 e. The third-order valence-corrected chi connectivity index (χ3v) is 3.46. The van der Waals surface area contributed by atoms with Crippen LogP contribution in [-0.2, 0) is 11.2 Å². The molecule has 0 saturated carbocycles. The number of aliphatic carboxylic acids is 1. The van der Waals surface area contributed by atoms with E-state index in [4.69, 9.17) is 22.4 Å². The van der Waals surface area contributed by atoms with Gasteiger partial charge >= 0.3 is 5.97 Å². The third kappa shape index (κ3) is 2.62. The minimum Gasteiger partial charge on any atom is -0.480 e. The summed E-state index contributed by atoms with van der Waals surface area (Å²) in [5.41, 5.74) is 6.89. The van der Waals surface area contributed by atoms with Crippen LogP contribution in [0.2, 0.25) is 5.02 Å². The van der Waals surface area contributed by atoms with Crippen molar-refractivity contribution < 1.29 is 9.90 Å². The van der Waals surface area contributed by atoms with Gasteiger partial charge in [-0.2, -0.15) is 0 Å². The molecule has 0 spiro atoms. The van der Waals surface area contributed by atoms with Crippen molar-refractivity contribution in [3.63, 3.8) is 0 Å². The van der Waals surface area contributed by atoms with Gasteiger partial charge in [0, 0.05) is 17.0 Å². The molecule has 5 nitrogen and oxygen atoms in total. The number of aromatic amines is 1. The molecule has 2 aromatic rings. The number of nitrogens with one attached hydrogen (secondary N) is 1. The number of hydrogen-bond donors (Lipinski definition) is 3. The topological polar surface area (TPSA) is 96.2 Å². The fraction of sp³-hybridized carbons (Fsp3) is 0.231. The van der Waals surface area contributed by atoms with Crippen molar-refractivity contribution in [2.45, 2.75) is 19.4 Å². The number of pyridine rings is 1. The van der Waals surface area contributed by atoms with Gasteiger partial charge in [0.1, 0.15) is 6.04 Å². The van der Waals surface area contributed by atoms with E-state index < -0.39 is 12.0 Å². The van der Waals surface area contributed by atoms with Gasteiger partial charge in [-0.25, -0.2) is 0 Å². The summed E-state index contributed by atoms with van der Waals surface area (Å²) >= 11 is 5.99. The Morgan fingerprint density at radius 1 is 1.53 bits per heavy atom. The SMILES string of the molecule is Cc1c(Cl)ccc2cc(CC(N)C(=O)O)c(=O)[nH]c12. The van der Waals surface area contributed by atoms with Crippen LogP contribution in [0.25, 0.3) is 10.9 Å². The number of nitrogens with two attached hydrogens (primary N) is 1. The molecule has 0 aliphatic rings. The number of aryl methyl sites for hydroxylation is 1. The molecule has 0 radical (unpaired) electrons. The van der Waals surface area contributed by atoms with Gasteiger partial charge in [0.25, 0.3) is 5.56 Å². The van der Waals surface area contributed by atoms with E-state index in [1.807, 2.05) is 6.92 Å². The highest BCUT2D eigenvalue weighted by atomic mass is 35.5. The Balaban J connectivity index is 2.54. The molecule has 0 amide bonds. The monoisotopic (exact) mass is 280 g/mol. The molecular formula is C13H13ClN2O3. The molecule has 4 N–H and O–H groups in total. The second kappa shape index (κ2) is 5.03. The fourth-order valence-corrected chi connectivity index (χ4v) is 2.07. The van der Waals surface area contributed by atoms with Crippen molar-refractivity contribution in [2.75, 3.05) is 0 Å². The highest BCUT2D eigenvalue weighted by Gasteiger charge is 2.15. The van der Waals surface area contributed by atoms with Crippen molar-refractivity contribution in [1.82, 2.24) is 4.98 Å². The van der Waals surface area contributed by atoms with Crippen LogP contribution in [-0.4, -0.2) is 22.1 Å². The van der Waals surface area contributed by atoms with Crippen molar-refractivity contribution >= 4 is 28.5 Å². The van der Waals surface area contributed by atoms with Crippen LogP contribution < -0.4 is 11.3 Å². The maximum atomic E-state index is 11.9. The first-order valence-corrected chi connectivity index (χ1v) is 6.07. The Hall–Kier alpha value is -1.85. The van der Waals surface area contributed by atoms with Gasteiger partial charge in [-0.15, -0.1) is 0 Å². The molecule has 0 saturated heterocycles. The van der Waals surface area contributed by atoms with E-state index in [1.165, 1.54) is 0 Å². The summed E-state index contributed by atoms with van der Waals surface area (Å²) in [4.78, 5) is 25.4. The van der Waals surface area contributed by atoms with E-state index in [-0.39, 0.29) is 12.0 Å². The van der Waals surface area contributed by atoms with Gasteiger partial charge in [0.05, 0.1) is 5.52 Å². The molecule has 100 valence electrons. The highest BCUT2D eigenvalue weighted by molar-refractivity contribution is 6.32. The summed E-state index contributed by atoms with van der Waals surface area (Å²) in [5, 5.41) is 10.1. The number of carboxylic acids is 1. The molecule has 1 unspecified atom stereocenters. The molecular weight excluding hydrogens is 268 g/mol. The number of benzene rings is 1. The van der Waals surface area contributed by atoms with E-state index >= 15 is 0 Å². The van der Waals surface area contributed by atoms with Crippen molar-refractivity contribution in [1.29, 1.82) is 0 Å². The Kier molecular flexibility index (Phi) is 3.59. The van der Waals surface area contributed by atoms with E-state index in [1.54, 1.807) is 18.2 Å². The largest absolute Gasteiger partial charge is 0.480 e. The lowest BCUT2D eigenvalue weighted by atomic mass is 10.0. The number of halogens is 1. The van der Waals surface area contributed by atoms with Crippen LogP contribution in [0.1, 0.15) is 11.1 Å². The molecule has 19 heavy (non-hydrogen) atoms. The van der Waals surface area contributed by atoms with Crippen LogP contribution in [0.5, 0.6) is 0 Å². The first-order valence-electron chi connectivity index (χ1n) is 5.69. The summed E-state index contributed by atoms with van der Waals surface area (Å²) in [6.45, 7) is 1.81. The number of aromatic nitrogens is 1. The molecule has 1 aromatic heterocycles. The second-order valence-corrected chi connectivity index (χ2v) is 4.82. The number of carbonyl (C=O) groups is 1. The zero-order valence-corrected chi connectivity index (χ0v) is 11.0. The van der Waals surface area contributed by atoms with Crippen LogP contribution >= 0.6 is 11.6 Å². The summed E-state index contributed by atoms with van der Waals surface area (Å²) in [7, 11) is 0. The molecule has 1 heterocycles. The van der Waals surface area contributed by atoms with Gasteiger partial charge in [0.15, 0.2) is 0 Å². The van der Waals surface area contributed by atoms with E-state index in [9.17, 15) is 9.59 Å². The zero-order valence-electron chi connectivity index (χ0n) is 10.2. The molecule has 1 atom stereocenters. The van der Waals surface area contributed by atoms with Gasteiger partial charge < -0.3 is 15.8 Å². The lowest BCUT2D eigenvalue weighted by Gasteiger charge is -2.09. The molecule has 2 rings (SSSR count). The quantitative estimate of drug-likeness (QED) is 0.793. The Morgan fingerprint density at radius 2 is 2.21 bits per heavy atom. The minimum absolute atomic E-state index is 0.0116. The smallest absolute Gasteiger partial charge is 0.320 e. The molecule has 1 aromatic carbocycles.